The summed E-state index contributed by atoms with van der Waals surface area (Å²) >= 11 is 16.7. The predicted molar refractivity (Wildman–Crippen MR) is 96.4 cm³/mol. The van der Waals surface area contributed by atoms with Crippen LogP contribution < -0.4 is 0 Å². The molecule has 0 amide bonds. The molecular weight excluding hydrogens is 461 g/mol. The monoisotopic (exact) mass is 477 g/mol. The number of methoxy groups -OCH3 is 1. The molecule has 0 saturated carbocycles. The summed E-state index contributed by atoms with van der Waals surface area (Å²) < 4.78 is 28.0. The highest BCUT2D eigenvalue weighted by atomic mass is 35.6. The molecule has 1 rings (SSSR count). The fraction of sp³-hybridized carbons (Fsp3) is 0.667. The molecule has 5 atom stereocenters. The van der Waals surface area contributed by atoms with Crippen molar-refractivity contribution in [3.05, 3.63) is 0 Å². The Labute approximate surface area is 180 Å². The lowest BCUT2D eigenvalue weighted by atomic mass is 9.97. The second kappa shape index (κ2) is 10.3. The van der Waals surface area contributed by atoms with E-state index in [0.29, 0.717) is 0 Å². The van der Waals surface area contributed by atoms with E-state index < -0.39 is 64.3 Å². The summed E-state index contributed by atoms with van der Waals surface area (Å²) in [5.74, 6) is -4.59. The number of rotatable bonds is 5. The van der Waals surface area contributed by atoms with E-state index in [0.717, 1.165) is 27.9 Å². The van der Waals surface area contributed by atoms with Gasteiger partial charge in [-0.15, -0.1) is 0 Å². The number of esters is 4. The third kappa shape index (κ3) is 7.18. The zero-order valence-corrected chi connectivity index (χ0v) is 17.9. The van der Waals surface area contributed by atoms with Crippen LogP contribution in [0.5, 0.6) is 0 Å². The maximum Gasteiger partial charge on any atom is 0.339 e. The molecule has 1 fully saturated rings. The van der Waals surface area contributed by atoms with Gasteiger partial charge in [-0.1, -0.05) is 34.8 Å². The molecule has 0 radical (unpaired) electrons. The summed E-state index contributed by atoms with van der Waals surface area (Å²) in [6, 6.07) is 0. The van der Waals surface area contributed by atoms with Gasteiger partial charge in [0.1, 0.15) is 0 Å². The zero-order chi connectivity index (χ0) is 22.5. The highest BCUT2D eigenvalue weighted by Crippen LogP contribution is 2.33. The Morgan fingerprint density at radius 1 is 0.828 bits per heavy atom. The van der Waals surface area contributed by atoms with Gasteiger partial charge in [-0.25, -0.2) is 4.79 Å². The second-order valence-electron chi connectivity index (χ2n) is 5.62. The summed E-state index contributed by atoms with van der Waals surface area (Å²) in [4.78, 5) is 46.9. The third-order valence-corrected chi connectivity index (χ3v) is 3.84. The first-order valence-corrected chi connectivity index (χ1v) is 8.98. The minimum absolute atomic E-state index is 0.861. The molecule has 0 bridgehead atoms. The Balaban J connectivity index is 3.44. The lowest BCUT2D eigenvalue weighted by Gasteiger charge is -2.43. The van der Waals surface area contributed by atoms with Crippen molar-refractivity contribution in [3.8, 4) is 0 Å². The Morgan fingerprint density at radius 3 is 1.69 bits per heavy atom. The van der Waals surface area contributed by atoms with Crippen LogP contribution in [0.3, 0.4) is 0 Å². The van der Waals surface area contributed by atoms with Crippen LogP contribution in [0.4, 0.5) is 0 Å². The van der Waals surface area contributed by atoms with Gasteiger partial charge in [0, 0.05) is 20.8 Å². The summed E-state index contributed by atoms with van der Waals surface area (Å²) in [6.45, 7) is 3.08. The second-order valence-corrected chi connectivity index (χ2v) is 7.90. The highest BCUT2D eigenvalue weighted by molar-refractivity contribution is 6.76. The van der Waals surface area contributed by atoms with Gasteiger partial charge in [0.05, 0.1) is 7.11 Å². The predicted octanol–water partition coefficient (Wildman–Crippen LogP) is 1.04. The largest absolute Gasteiger partial charge is 0.467 e. The van der Waals surface area contributed by atoms with E-state index in [9.17, 15) is 19.2 Å². The van der Waals surface area contributed by atoms with E-state index in [-0.39, 0.29) is 0 Å². The van der Waals surface area contributed by atoms with E-state index in [1.807, 2.05) is 0 Å². The number of hydrogen-bond acceptors (Lipinski definition) is 11. The summed E-state index contributed by atoms with van der Waals surface area (Å²) in [7, 11) is 1.02. The van der Waals surface area contributed by atoms with Gasteiger partial charge in [-0.2, -0.15) is 0 Å². The SMILES string of the molecule is COC(=O)C1O[C@H](OC(=N)C(Cl)(Cl)Cl)[C@@H](OC(C)=O)[C@@H](OC(C)=O)[C@@H]1OC(C)=O. The van der Waals surface area contributed by atoms with E-state index in [2.05, 4.69) is 4.74 Å². The summed E-state index contributed by atoms with van der Waals surface area (Å²) in [6.07, 6.45) is -8.20. The number of hydrogen-bond donors (Lipinski definition) is 1. The van der Waals surface area contributed by atoms with Crippen LogP contribution in [0.2, 0.25) is 0 Å². The van der Waals surface area contributed by atoms with Crippen LogP contribution in [0.25, 0.3) is 0 Å². The van der Waals surface area contributed by atoms with Crippen molar-refractivity contribution in [2.75, 3.05) is 7.11 Å². The Kier molecular flexibility index (Phi) is 8.94. The van der Waals surface area contributed by atoms with Gasteiger partial charge in [0.25, 0.3) is 3.79 Å². The fourth-order valence-corrected chi connectivity index (χ4v) is 2.49. The average molecular weight is 479 g/mol. The number of halogens is 3. The standard InChI is InChI=1S/C15H18Cl3NO10/c1-5(20)25-8-9(26-6(2)21)11(27-7(3)22)13(28-10(8)12(23)24-4)29-14(19)15(16,17)18/h8-11,13,19H,1-4H3/t8-,9-,10?,11-,13+/m0/s1. The molecule has 0 aromatic rings. The van der Waals surface area contributed by atoms with Crippen LogP contribution in [0.1, 0.15) is 20.8 Å². The highest BCUT2D eigenvalue weighted by Gasteiger charge is 2.56. The molecule has 0 spiro atoms. The number of carbonyl (C=O) groups is 4. The molecule has 1 saturated heterocycles. The van der Waals surface area contributed by atoms with Gasteiger partial charge < -0.3 is 28.4 Å². The Bertz CT molecular complexity index is 680. The van der Waals surface area contributed by atoms with E-state index in [4.69, 9.17) is 63.9 Å². The van der Waals surface area contributed by atoms with Crippen molar-refractivity contribution in [1.29, 1.82) is 5.41 Å². The molecule has 0 aromatic carbocycles. The van der Waals surface area contributed by atoms with E-state index in [1.165, 1.54) is 0 Å². The van der Waals surface area contributed by atoms with Crippen molar-refractivity contribution < 1.29 is 47.6 Å². The van der Waals surface area contributed by atoms with Crippen molar-refractivity contribution in [3.63, 3.8) is 0 Å². The molecular formula is C15H18Cl3NO10. The van der Waals surface area contributed by atoms with E-state index in [1.54, 1.807) is 0 Å². The molecule has 1 N–H and O–H groups in total. The van der Waals surface area contributed by atoms with Crippen LogP contribution in [0.15, 0.2) is 0 Å². The first-order valence-electron chi connectivity index (χ1n) is 7.85. The number of ether oxygens (including phenoxy) is 6. The minimum atomic E-state index is -2.32. The zero-order valence-electron chi connectivity index (χ0n) is 15.6. The minimum Gasteiger partial charge on any atom is -0.467 e. The Hall–Kier alpha value is -1.82. The first kappa shape index (κ1) is 25.2. The van der Waals surface area contributed by atoms with Crippen molar-refractivity contribution >= 4 is 64.6 Å². The molecule has 0 aliphatic carbocycles. The van der Waals surface area contributed by atoms with Crippen molar-refractivity contribution in [2.45, 2.75) is 55.3 Å². The van der Waals surface area contributed by atoms with Gasteiger partial charge in [0.2, 0.25) is 18.3 Å². The molecule has 164 valence electrons. The first-order chi connectivity index (χ1) is 13.3. The van der Waals surface area contributed by atoms with Gasteiger partial charge in [-0.05, 0) is 0 Å². The molecule has 11 nitrogen and oxygen atoms in total. The van der Waals surface area contributed by atoms with Crippen molar-refractivity contribution in [1.82, 2.24) is 0 Å². The smallest absolute Gasteiger partial charge is 0.339 e. The molecule has 1 heterocycles. The van der Waals surface area contributed by atoms with E-state index >= 15 is 0 Å². The summed E-state index contributed by atoms with van der Waals surface area (Å²) in [5, 5.41) is 7.69. The lowest BCUT2D eigenvalue weighted by Crippen LogP contribution is -2.64. The fourth-order valence-electron chi connectivity index (χ4n) is 2.36. The number of alkyl halides is 3. The molecule has 0 aromatic heterocycles. The quantitative estimate of drug-likeness (QED) is 0.200. The maximum absolute atomic E-state index is 12.2. The lowest BCUT2D eigenvalue weighted by molar-refractivity contribution is -0.285. The van der Waals surface area contributed by atoms with Crippen LogP contribution in [-0.4, -0.2) is 71.4 Å². The van der Waals surface area contributed by atoms with Gasteiger partial charge in [0.15, 0.2) is 18.3 Å². The molecule has 1 aliphatic rings. The molecule has 29 heavy (non-hydrogen) atoms. The van der Waals surface area contributed by atoms with Gasteiger partial charge in [-0.3, -0.25) is 19.8 Å². The van der Waals surface area contributed by atoms with Crippen LogP contribution in [0, 0.1) is 5.41 Å². The van der Waals surface area contributed by atoms with Crippen molar-refractivity contribution in [2.24, 2.45) is 0 Å². The number of nitrogens with one attached hydrogen (secondary N) is 1. The molecule has 14 heteroatoms. The third-order valence-electron chi connectivity index (χ3n) is 3.33. The number of carbonyl (C=O) groups excluding carboxylic acids is 4. The van der Waals surface area contributed by atoms with Crippen LogP contribution in [-0.2, 0) is 47.6 Å². The average Bonchev–Trinajstić information content (AvgIpc) is 2.56. The topological polar surface area (TPSA) is 148 Å². The summed E-state index contributed by atoms with van der Waals surface area (Å²) in [5.41, 5.74) is 0. The molecule has 1 aliphatic heterocycles. The molecule has 1 unspecified atom stereocenters. The normalized spacial score (nSPS) is 26.7. The maximum atomic E-state index is 12.2. The Morgan fingerprint density at radius 2 is 1.28 bits per heavy atom. The van der Waals surface area contributed by atoms with Crippen LogP contribution >= 0.6 is 34.8 Å². The van der Waals surface area contributed by atoms with Gasteiger partial charge >= 0.3 is 23.9 Å².